The van der Waals surface area contributed by atoms with E-state index in [0.29, 0.717) is 11.4 Å². The number of aromatic amines is 1. The number of nitrogens with one attached hydrogen (secondary N) is 2. The van der Waals surface area contributed by atoms with Gasteiger partial charge in [0, 0.05) is 11.9 Å². The van der Waals surface area contributed by atoms with E-state index in [0.717, 1.165) is 0 Å². The van der Waals surface area contributed by atoms with Crippen LogP contribution in [0.25, 0.3) is 0 Å². The average molecular weight is 199 g/mol. The molecule has 1 rings (SSSR count). The van der Waals surface area contributed by atoms with Crippen LogP contribution in [0.5, 0.6) is 0 Å². The van der Waals surface area contributed by atoms with Crippen LogP contribution in [0.1, 0.15) is 10.5 Å². The summed E-state index contributed by atoms with van der Waals surface area (Å²) < 4.78 is 0. The number of carbonyl (C=O) groups excluding carboxylic acids is 1. The molecule has 0 unspecified atom stereocenters. The Bertz CT molecular complexity index is 307. The molecule has 6 nitrogen and oxygen atoms in total. The molecule has 0 bridgehead atoms. The van der Waals surface area contributed by atoms with Crippen molar-refractivity contribution in [1.82, 2.24) is 10.3 Å². The van der Waals surface area contributed by atoms with Crippen molar-refractivity contribution in [2.75, 3.05) is 18.9 Å². The van der Waals surface area contributed by atoms with Crippen molar-refractivity contribution in [3.05, 3.63) is 18.0 Å². The molecule has 0 radical (unpaired) electrons. The minimum Gasteiger partial charge on any atom is -0.397 e. The lowest BCUT2D eigenvalue weighted by molar-refractivity contribution is 0.0875. The molecule has 0 aliphatic carbocycles. The smallest absolute Gasteiger partial charge is 0.268 e. The quantitative estimate of drug-likeness (QED) is 0.414. The molecule has 0 aromatic carbocycles. The number of hydrogen-bond donors (Lipinski definition) is 5. The van der Waals surface area contributed by atoms with E-state index in [-0.39, 0.29) is 13.2 Å². The number of aromatic nitrogens is 1. The minimum atomic E-state index is -0.646. The maximum Gasteiger partial charge on any atom is 0.268 e. The second kappa shape index (κ2) is 4.64. The second-order valence-electron chi connectivity index (χ2n) is 2.88. The van der Waals surface area contributed by atoms with Gasteiger partial charge in [-0.15, -0.1) is 0 Å². The fourth-order valence-electron chi connectivity index (χ4n) is 0.954. The van der Waals surface area contributed by atoms with E-state index < -0.39 is 11.9 Å². The van der Waals surface area contributed by atoms with Crippen molar-refractivity contribution in [3.8, 4) is 0 Å². The van der Waals surface area contributed by atoms with Gasteiger partial charge in [-0.05, 0) is 6.07 Å². The van der Waals surface area contributed by atoms with Crippen LogP contribution in [0, 0.1) is 0 Å². The molecule has 78 valence electrons. The number of carbonyl (C=O) groups is 1. The first-order chi connectivity index (χ1) is 6.67. The van der Waals surface area contributed by atoms with Gasteiger partial charge >= 0.3 is 0 Å². The molecule has 0 spiro atoms. The van der Waals surface area contributed by atoms with Crippen molar-refractivity contribution >= 4 is 11.6 Å². The summed E-state index contributed by atoms with van der Waals surface area (Å²) in [7, 11) is 0. The molecule has 1 amide bonds. The summed E-state index contributed by atoms with van der Waals surface area (Å²) in [4.78, 5) is 14.0. The van der Waals surface area contributed by atoms with E-state index in [4.69, 9.17) is 15.9 Å². The number of anilines is 1. The van der Waals surface area contributed by atoms with Crippen LogP contribution in [0.4, 0.5) is 5.69 Å². The van der Waals surface area contributed by atoms with Gasteiger partial charge in [-0.2, -0.15) is 0 Å². The monoisotopic (exact) mass is 199 g/mol. The van der Waals surface area contributed by atoms with E-state index in [1.807, 2.05) is 0 Å². The average Bonchev–Trinajstić information content (AvgIpc) is 2.61. The summed E-state index contributed by atoms with van der Waals surface area (Å²) >= 11 is 0. The number of hydrogen-bond acceptors (Lipinski definition) is 4. The molecule has 0 saturated heterocycles. The van der Waals surface area contributed by atoms with Crippen molar-refractivity contribution < 1.29 is 15.0 Å². The maximum atomic E-state index is 11.4. The lowest BCUT2D eigenvalue weighted by Crippen LogP contribution is -2.40. The van der Waals surface area contributed by atoms with Crippen molar-refractivity contribution in [3.63, 3.8) is 0 Å². The number of aliphatic hydroxyl groups excluding tert-OH is 2. The predicted molar refractivity (Wildman–Crippen MR) is 50.6 cm³/mol. The Balaban J connectivity index is 2.58. The molecule has 1 aromatic heterocycles. The fraction of sp³-hybridized carbons (Fsp3) is 0.375. The van der Waals surface area contributed by atoms with Crippen molar-refractivity contribution in [2.24, 2.45) is 0 Å². The van der Waals surface area contributed by atoms with Gasteiger partial charge in [-0.3, -0.25) is 4.79 Å². The Kier molecular flexibility index (Phi) is 3.49. The zero-order valence-corrected chi connectivity index (χ0v) is 7.53. The van der Waals surface area contributed by atoms with Gasteiger partial charge in [0.2, 0.25) is 0 Å². The molecular weight excluding hydrogens is 186 g/mol. The molecule has 0 atom stereocenters. The summed E-state index contributed by atoms with van der Waals surface area (Å²) in [5.41, 5.74) is 6.16. The molecule has 0 saturated carbocycles. The van der Waals surface area contributed by atoms with Crippen molar-refractivity contribution in [2.45, 2.75) is 6.04 Å². The first-order valence-corrected chi connectivity index (χ1v) is 4.14. The van der Waals surface area contributed by atoms with Crippen molar-refractivity contribution in [1.29, 1.82) is 0 Å². The van der Waals surface area contributed by atoms with Gasteiger partial charge < -0.3 is 26.2 Å². The molecule has 6 N–H and O–H groups in total. The highest BCUT2D eigenvalue weighted by atomic mass is 16.3. The van der Waals surface area contributed by atoms with Crippen LogP contribution < -0.4 is 11.1 Å². The minimum absolute atomic E-state index is 0.300. The highest BCUT2D eigenvalue weighted by Crippen LogP contribution is 2.04. The van der Waals surface area contributed by atoms with Crippen LogP contribution in [0.15, 0.2) is 12.3 Å². The Morgan fingerprint density at radius 1 is 1.57 bits per heavy atom. The van der Waals surface area contributed by atoms with E-state index >= 15 is 0 Å². The van der Waals surface area contributed by atoms with Crippen LogP contribution in [0.2, 0.25) is 0 Å². The normalized spacial score (nSPS) is 10.5. The highest BCUT2D eigenvalue weighted by Gasteiger charge is 2.12. The van der Waals surface area contributed by atoms with Gasteiger partial charge in [0.05, 0.1) is 19.3 Å². The van der Waals surface area contributed by atoms with Gasteiger partial charge in [0.15, 0.2) is 0 Å². The van der Waals surface area contributed by atoms with E-state index in [1.54, 1.807) is 0 Å². The standard InChI is InChI=1S/C8H13N3O3/c9-5-1-7(10-2-5)8(14)11-6(3-12)4-13/h1-2,6,10,12-13H,3-4,9H2,(H,11,14). The number of nitrogen functional groups attached to an aromatic ring is 1. The summed E-state index contributed by atoms with van der Waals surface area (Å²) in [6, 6.07) is 0.827. The van der Waals surface area contributed by atoms with Gasteiger partial charge in [0.25, 0.3) is 5.91 Å². The molecule has 0 aliphatic rings. The first kappa shape index (κ1) is 10.6. The highest BCUT2D eigenvalue weighted by molar-refractivity contribution is 5.93. The van der Waals surface area contributed by atoms with E-state index in [1.165, 1.54) is 12.3 Å². The summed E-state index contributed by atoms with van der Waals surface area (Å²) in [5.74, 6) is -0.408. The first-order valence-electron chi connectivity index (χ1n) is 4.14. The predicted octanol–water partition coefficient (Wildman–Crippen LogP) is -1.32. The Morgan fingerprint density at radius 3 is 2.64 bits per heavy atom. The molecule has 6 heteroatoms. The number of aliphatic hydroxyl groups is 2. The molecule has 1 aromatic rings. The number of amides is 1. The molecule has 0 aliphatic heterocycles. The van der Waals surface area contributed by atoms with Crippen LogP contribution in [0.3, 0.4) is 0 Å². The maximum absolute atomic E-state index is 11.4. The lowest BCUT2D eigenvalue weighted by Gasteiger charge is -2.11. The Hall–Kier alpha value is -1.53. The zero-order valence-electron chi connectivity index (χ0n) is 7.53. The number of nitrogens with two attached hydrogens (primary N) is 1. The topological polar surface area (TPSA) is 111 Å². The number of H-pyrrole nitrogens is 1. The molecule has 0 fully saturated rings. The Morgan fingerprint density at radius 2 is 2.21 bits per heavy atom. The van der Waals surface area contributed by atoms with Gasteiger partial charge in [-0.1, -0.05) is 0 Å². The van der Waals surface area contributed by atoms with Gasteiger partial charge in [0.1, 0.15) is 5.69 Å². The summed E-state index contributed by atoms with van der Waals surface area (Å²) in [6.07, 6.45) is 1.49. The van der Waals surface area contributed by atoms with Crippen LogP contribution in [-0.4, -0.2) is 40.4 Å². The SMILES string of the molecule is Nc1c[nH]c(C(=O)NC(CO)CO)c1. The number of rotatable bonds is 4. The van der Waals surface area contributed by atoms with Crippen LogP contribution >= 0.6 is 0 Å². The summed E-state index contributed by atoms with van der Waals surface area (Å²) in [6.45, 7) is -0.614. The third-order valence-electron chi connectivity index (χ3n) is 1.73. The second-order valence-corrected chi connectivity index (χ2v) is 2.88. The third-order valence-corrected chi connectivity index (χ3v) is 1.73. The lowest BCUT2D eigenvalue weighted by atomic mass is 10.3. The Labute approximate surface area is 80.7 Å². The molecule has 14 heavy (non-hydrogen) atoms. The molecule has 1 heterocycles. The van der Waals surface area contributed by atoms with Gasteiger partial charge in [-0.25, -0.2) is 0 Å². The fourth-order valence-corrected chi connectivity index (χ4v) is 0.954. The van der Waals surface area contributed by atoms with E-state index in [9.17, 15) is 4.79 Å². The molecular formula is C8H13N3O3. The largest absolute Gasteiger partial charge is 0.397 e. The summed E-state index contributed by atoms with van der Waals surface area (Å²) in [5, 5.41) is 19.9. The zero-order chi connectivity index (χ0) is 10.6. The van der Waals surface area contributed by atoms with Crippen LogP contribution in [-0.2, 0) is 0 Å². The van der Waals surface area contributed by atoms with E-state index in [2.05, 4.69) is 10.3 Å². The third kappa shape index (κ3) is 2.48.